The van der Waals surface area contributed by atoms with Crippen LogP contribution in [0.3, 0.4) is 0 Å². The molecular formula is C13H23N3O3S. The van der Waals surface area contributed by atoms with E-state index in [1.807, 2.05) is 14.0 Å². The van der Waals surface area contributed by atoms with E-state index in [0.29, 0.717) is 12.3 Å². The molecule has 2 N–H and O–H groups in total. The molecule has 2 heterocycles. The van der Waals surface area contributed by atoms with Crippen LogP contribution in [-0.2, 0) is 16.6 Å². The second-order valence-corrected chi connectivity index (χ2v) is 6.84. The third-order valence-corrected chi connectivity index (χ3v) is 4.88. The molecule has 0 aliphatic carbocycles. The molecule has 114 valence electrons. The van der Waals surface area contributed by atoms with Crippen molar-refractivity contribution in [2.45, 2.75) is 37.4 Å². The lowest BCUT2D eigenvalue weighted by Gasteiger charge is -2.28. The molecule has 0 spiro atoms. The highest BCUT2D eigenvalue weighted by molar-refractivity contribution is 7.89. The summed E-state index contributed by atoms with van der Waals surface area (Å²) in [6, 6.07) is 3.22. The zero-order chi connectivity index (χ0) is 14.6. The van der Waals surface area contributed by atoms with E-state index in [0.717, 1.165) is 32.5 Å². The molecule has 0 atom stereocenters. The third kappa shape index (κ3) is 4.05. The van der Waals surface area contributed by atoms with Gasteiger partial charge in [0.1, 0.15) is 5.76 Å². The van der Waals surface area contributed by atoms with Gasteiger partial charge in [0, 0.05) is 6.04 Å². The molecule has 0 radical (unpaired) electrons. The highest BCUT2D eigenvalue weighted by atomic mass is 32.2. The number of hydrogen-bond donors (Lipinski definition) is 2. The van der Waals surface area contributed by atoms with E-state index in [2.05, 4.69) is 14.9 Å². The molecule has 7 heteroatoms. The minimum atomic E-state index is -3.54. The lowest BCUT2D eigenvalue weighted by molar-refractivity contribution is 0.247. The minimum Gasteiger partial charge on any atom is -0.447 e. The summed E-state index contributed by atoms with van der Waals surface area (Å²) in [7, 11) is -1.50. The average Bonchev–Trinajstić information content (AvgIpc) is 2.88. The predicted molar refractivity (Wildman–Crippen MR) is 76.9 cm³/mol. The number of sulfonamides is 1. The molecule has 0 unspecified atom stereocenters. The minimum absolute atomic E-state index is 0.00137. The van der Waals surface area contributed by atoms with Crippen LogP contribution >= 0.6 is 0 Å². The van der Waals surface area contributed by atoms with Gasteiger partial charge in [-0.25, -0.2) is 13.1 Å². The van der Waals surface area contributed by atoms with Crippen LogP contribution in [0.2, 0.25) is 0 Å². The van der Waals surface area contributed by atoms with Gasteiger partial charge in [0.2, 0.25) is 5.09 Å². The zero-order valence-corrected chi connectivity index (χ0v) is 12.9. The average molecular weight is 301 g/mol. The van der Waals surface area contributed by atoms with Gasteiger partial charge in [-0.05, 0) is 51.7 Å². The van der Waals surface area contributed by atoms with Crippen LogP contribution in [-0.4, -0.2) is 46.0 Å². The van der Waals surface area contributed by atoms with E-state index in [9.17, 15) is 8.42 Å². The molecule has 0 aromatic carbocycles. The Morgan fingerprint density at radius 1 is 1.35 bits per heavy atom. The van der Waals surface area contributed by atoms with Crippen LogP contribution in [0, 0.1) is 0 Å². The van der Waals surface area contributed by atoms with Gasteiger partial charge in [-0.3, -0.25) is 0 Å². The van der Waals surface area contributed by atoms with Gasteiger partial charge in [-0.1, -0.05) is 6.92 Å². The number of nitrogens with one attached hydrogen (secondary N) is 2. The van der Waals surface area contributed by atoms with Crippen molar-refractivity contribution in [1.29, 1.82) is 0 Å². The lowest BCUT2D eigenvalue weighted by atomic mass is 10.1. The third-order valence-electron chi connectivity index (χ3n) is 3.49. The van der Waals surface area contributed by atoms with Gasteiger partial charge in [0.25, 0.3) is 10.0 Å². The summed E-state index contributed by atoms with van der Waals surface area (Å²) in [5.41, 5.74) is 0. The normalized spacial score (nSPS) is 18.5. The van der Waals surface area contributed by atoms with E-state index < -0.39 is 10.0 Å². The first kappa shape index (κ1) is 15.5. The Kier molecular flexibility index (Phi) is 5.20. The fourth-order valence-corrected chi connectivity index (χ4v) is 3.50. The number of nitrogens with zero attached hydrogens (tertiary/aromatic N) is 1. The molecule has 1 aliphatic rings. The molecule has 20 heavy (non-hydrogen) atoms. The summed E-state index contributed by atoms with van der Waals surface area (Å²) in [4.78, 5) is 2.20. The molecule has 0 saturated carbocycles. The Balaban J connectivity index is 1.97. The Bertz CT molecular complexity index is 519. The molecule has 1 aliphatic heterocycles. The molecule has 0 amide bonds. The molecule has 0 bridgehead atoms. The van der Waals surface area contributed by atoms with Gasteiger partial charge in [0.15, 0.2) is 0 Å². The maximum absolute atomic E-state index is 12.2. The lowest BCUT2D eigenvalue weighted by Crippen LogP contribution is -2.43. The fraction of sp³-hybridized carbons (Fsp3) is 0.692. The first-order valence-corrected chi connectivity index (χ1v) is 8.50. The smallest absolute Gasteiger partial charge is 0.274 e. The Morgan fingerprint density at radius 3 is 2.70 bits per heavy atom. The highest BCUT2D eigenvalue weighted by Gasteiger charge is 2.25. The second-order valence-electron chi connectivity index (χ2n) is 5.20. The first-order chi connectivity index (χ1) is 9.51. The van der Waals surface area contributed by atoms with E-state index in [4.69, 9.17) is 4.42 Å². The van der Waals surface area contributed by atoms with Crippen LogP contribution in [0.1, 0.15) is 25.5 Å². The van der Waals surface area contributed by atoms with Crippen molar-refractivity contribution in [3.63, 3.8) is 0 Å². The van der Waals surface area contributed by atoms with Crippen LogP contribution in [0.15, 0.2) is 21.6 Å². The summed E-state index contributed by atoms with van der Waals surface area (Å²) in [6.45, 7) is 5.17. The highest BCUT2D eigenvalue weighted by Crippen LogP contribution is 2.16. The van der Waals surface area contributed by atoms with Crippen molar-refractivity contribution in [3.8, 4) is 0 Å². The van der Waals surface area contributed by atoms with E-state index in [1.54, 1.807) is 6.07 Å². The molecule has 2 rings (SSSR count). The van der Waals surface area contributed by atoms with Crippen molar-refractivity contribution in [2.24, 2.45) is 0 Å². The zero-order valence-electron chi connectivity index (χ0n) is 12.1. The van der Waals surface area contributed by atoms with Crippen LogP contribution in [0.5, 0.6) is 0 Å². The monoisotopic (exact) mass is 301 g/mol. The summed E-state index contributed by atoms with van der Waals surface area (Å²) in [6.07, 6.45) is 1.67. The summed E-state index contributed by atoms with van der Waals surface area (Å²) in [5.74, 6) is 0.635. The van der Waals surface area contributed by atoms with E-state index in [-0.39, 0.29) is 11.1 Å². The van der Waals surface area contributed by atoms with Crippen molar-refractivity contribution in [1.82, 2.24) is 14.9 Å². The van der Waals surface area contributed by atoms with E-state index >= 15 is 0 Å². The first-order valence-electron chi connectivity index (χ1n) is 7.01. The summed E-state index contributed by atoms with van der Waals surface area (Å²) < 4.78 is 32.6. The summed E-state index contributed by atoms with van der Waals surface area (Å²) >= 11 is 0. The molecular weight excluding hydrogens is 278 g/mol. The van der Waals surface area contributed by atoms with Gasteiger partial charge in [0.05, 0.1) is 6.54 Å². The quantitative estimate of drug-likeness (QED) is 0.811. The molecule has 1 aromatic heterocycles. The van der Waals surface area contributed by atoms with Crippen LogP contribution < -0.4 is 10.0 Å². The van der Waals surface area contributed by atoms with Crippen molar-refractivity contribution in [2.75, 3.05) is 26.7 Å². The second kappa shape index (κ2) is 6.71. The molecule has 1 fully saturated rings. The fourth-order valence-electron chi connectivity index (χ4n) is 2.25. The van der Waals surface area contributed by atoms with Gasteiger partial charge < -0.3 is 14.6 Å². The number of piperidine rings is 1. The van der Waals surface area contributed by atoms with Crippen LogP contribution in [0.25, 0.3) is 0 Å². The largest absolute Gasteiger partial charge is 0.447 e. The maximum atomic E-state index is 12.2. The Morgan fingerprint density at radius 2 is 2.05 bits per heavy atom. The van der Waals surface area contributed by atoms with Crippen molar-refractivity contribution in [3.05, 3.63) is 17.9 Å². The topological polar surface area (TPSA) is 74.6 Å². The van der Waals surface area contributed by atoms with Crippen molar-refractivity contribution < 1.29 is 12.8 Å². The maximum Gasteiger partial charge on any atom is 0.274 e. The standard InChI is InChI=1S/C13H23N3O3S/c1-3-14-10-12-4-5-13(19-12)20(17,18)15-11-6-8-16(2)9-7-11/h4-5,11,14-15H,3,6-10H2,1-2H3. The molecule has 1 aromatic rings. The Hall–Kier alpha value is -0.890. The number of furan rings is 1. The number of rotatable bonds is 6. The predicted octanol–water partition coefficient (Wildman–Crippen LogP) is 0.762. The van der Waals surface area contributed by atoms with E-state index in [1.165, 1.54) is 6.07 Å². The van der Waals surface area contributed by atoms with Crippen LogP contribution in [0.4, 0.5) is 0 Å². The van der Waals surface area contributed by atoms with Gasteiger partial charge >= 0.3 is 0 Å². The Labute approximate surface area is 120 Å². The van der Waals surface area contributed by atoms with Gasteiger partial charge in [-0.15, -0.1) is 0 Å². The van der Waals surface area contributed by atoms with Crippen molar-refractivity contribution >= 4 is 10.0 Å². The SMILES string of the molecule is CCNCc1ccc(S(=O)(=O)NC2CCN(C)CC2)o1. The molecule has 1 saturated heterocycles. The summed E-state index contributed by atoms with van der Waals surface area (Å²) in [5, 5.41) is 3.11. The number of likely N-dealkylation sites (tertiary alicyclic amines) is 1. The van der Waals surface area contributed by atoms with Gasteiger partial charge in [-0.2, -0.15) is 0 Å². The molecule has 6 nitrogen and oxygen atoms in total. The number of hydrogen-bond acceptors (Lipinski definition) is 5.